The van der Waals surface area contributed by atoms with Crippen LogP contribution in [-0.4, -0.2) is 24.6 Å². The predicted molar refractivity (Wildman–Crippen MR) is 128 cm³/mol. The molecule has 0 aromatic heterocycles. The van der Waals surface area contributed by atoms with Crippen LogP contribution in [0.3, 0.4) is 0 Å². The second kappa shape index (κ2) is 14.4. The molecule has 0 atom stereocenters. The van der Waals surface area contributed by atoms with Crippen LogP contribution in [0.1, 0.15) is 57.4 Å². The lowest BCUT2D eigenvalue weighted by molar-refractivity contribution is -0.124. The van der Waals surface area contributed by atoms with Gasteiger partial charge >= 0.3 is 0 Å². The van der Waals surface area contributed by atoms with Crippen LogP contribution in [0, 0.1) is 0 Å². The van der Waals surface area contributed by atoms with Crippen LogP contribution in [-0.2, 0) is 9.59 Å². The number of amides is 2. The van der Waals surface area contributed by atoms with Gasteiger partial charge < -0.3 is 10.1 Å². The predicted octanol–water partition coefficient (Wildman–Crippen LogP) is 5.67. The number of benzene rings is 2. The Labute approximate surface area is 192 Å². The van der Waals surface area contributed by atoms with Gasteiger partial charge in [-0.1, -0.05) is 48.5 Å². The Morgan fingerprint density at radius 1 is 0.935 bits per heavy atom. The number of nitrogens with one attached hydrogen (secondary N) is 2. The molecule has 0 fully saturated rings. The second-order valence-corrected chi connectivity index (χ2v) is 8.10. The quantitative estimate of drug-likeness (QED) is 0.217. The van der Waals surface area contributed by atoms with Gasteiger partial charge in [0.15, 0.2) is 0 Å². The third kappa shape index (κ3) is 10.8. The van der Waals surface area contributed by atoms with E-state index < -0.39 is 0 Å². The van der Waals surface area contributed by atoms with Crippen molar-refractivity contribution in [1.29, 1.82) is 0 Å². The highest BCUT2D eigenvalue weighted by molar-refractivity contribution is 9.10. The van der Waals surface area contributed by atoms with E-state index in [9.17, 15) is 9.59 Å². The van der Waals surface area contributed by atoms with E-state index >= 15 is 0 Å². The summed E-state index contributed by atoms with van der Waals surface area (Å²) in [5.41, 5.74) is 3.98. The third-order valence-corrected chi connectivity index (χ3v) is 5.04. The molecule has 0 aliphatic heterocycles. The van der Waals surface area contributed by atoms with Crippen molar-refractivity contribution in [3.05, 3.63) is 58.6 Å². The van der Waals surface area contributed by atoms with Crippen LogP contribution in [0.5, 0.6) is 5.75 Å². The average molecular weight is 488 g/mol. The third-order valence-electron chi connectivity index (χ3n) is 4.51. The van der Waals surface area contributed by atoms with Gasteiger partial charge in [0.25, 0.3) is 0 Å². The summed E-state index contributed by atoms with van der Waals surface area (Å²) in [6, 6.07) is 14.8. The van der Waals surface area contributed by atoms with E-state index in [1.54, 1.807) is 18.3 Å². The number of nitrogens with zero attached hydrogens (tertiary/aromatic N) is 1. The van der Waals surface area contributed by atoms with Crippen molar-refractivity contribution in [2.24, 2.45) is 5.10 Å². The highest BCUT2D eigenvalue weighted by Gasteiger charge is 2.06. The number of anilines is 1. The zero-order chi connectivity index (χ0) is 22.3. The van der Waals surface area contributed by atoms with Crippen molar-refractivity contribution in [3.63, 3.8) is 0 Å². The summed E-state index contributed by atoms with van der Waals surface area (Å²) in [4.78, 5) is 23.8. The molecule has 0 saturated heterocycles. The minimum atomic E-state index is -0.315. The number of halogens is 1. The van der Waals surface area contributed by atoms with E-state index in [0.29, 0.717) is 5.69 Å². The monoisotopic (exact) mass is 487 g/mol. The number of carbonyl (C=O) groups excluding carboxylic acids is 2. The minimum absolute atomic E-state index is 0.0603. The summed E-state index contributed by atoms with van der Waals surface area (Å²) < 4.78 is 6.67. The molecule has 31 heavy (non-hydrogen) atoms. The minimum Gasteiger partial charge on any atom is -0.494 e. The number of rotatable bonds is 13. The number of ether oxygens (including phenoxy) is 1. The van der Waals surface area contributed by atoms with Gasteiger partial charge in [0.2, 0.25) is 11.8 Å². The molecule has 2 rings (SSSR count). The Hall–Kier alpha value is -2.67. The highest BCUT2D eigenvalue weighted by Crippen LogP contribution is 2.14. The van der Waals surface area contributed by atoms with Crippen LogP contribution in [0.2, 0.25) is 0 Å². The van der Waals surface area contributed by atoms with Crippen LogP contribution in [0.15, 0.2) is 58.1 Å². The normalized spacial score (nSPS) is 10.8. The van der Waals surface area contributed by atoms with Crippen LogP contribution in [0.25, 0.3) is 0 Å². The molecule has 6 nitrogen and oxygen atoms in total. The number of hydrazone groups is 1. The topological polar surface area (TPSA) is 79.8 Å². The molecule has 0 aliphatic rings. The largest absolute Gasteiger partial charge is 0.494 e. The maximum absolute atomic E-state index is 11.9. The zero-order valence-corrected chi connectivity index (χ0v) is 19.5. The van der Waals surface area contributed by atoms with Crippen LogP contribution >= 0.6 is 15.9 Å². The molecule has 0 heterocycles. The fourth-order valence-corrected chi connectivity index (χ4v) is 3.03. The molecule has 0 saturated carbocycles. The number of hydrogen-bond acceptors (Lipinski definition) is 4. The van der Waals surface area contributed by atoms with Crippen molar-refractivity contribution in [3.8, 4) is 5.75 Å². The standard InChI is InChI=1S/C24H30BrN3O3/c1-2-3-4-5-6-17-31-22-13-7-19(8-14-22)18-26-28-24(30)16-15-23(29)27-21-11-9-20(25)10-12-21/h7-14,18H,2-6,15-17H2,1H3,(H,27,29)(H,28,30)/b26-18+. The summed E-state index contributed by atoms with van der Waals surface area (Å²) in [5, 5.41) is 6.69. The van der Waals surface area contributed by atoms with Crippen LogP contribution in [0.4, 0.5) is 5.69 Å². The summed E-state index contributed by atoms with van der Waals surface area (Å²) in [6.07, 6.45) is 7.76. The van der Waals surface area contributed by atoms with Crippen molar-refractivity contribution in [2.75, 3.05) is 11.9 Å². The maximum Gasteiger partial charge on any atom is 0.240 e. The Bertz CT molecular complexity index is 836. The van der Waals surface area contributed by atoms with Gasteiger partial charge in [0.05, 0.1) is 12.8 Å². The van der Waals surface area contributed by atoms with Gasteiger partial charge in [0.1, 0.15) is 5.75 Å². The first kappa shape index (κ1) is 24.6. The molecular formula is C24H30BrN3O3. The summed E-state index contributed by atoms with van der Waals surface area (Å²) in [6.45, 7) is 2.93. The van der Waals surface area contributed by atoms with Crippen LogP contribution < -0.4 is 15.5 Å². The van der Waals surface area contributed by atoms with Gasteiger partial charge in [-0.05, 0) is 60.5 Å². The van der Waals surface area contributed by atoms with Gasteiger partial charge in [-0.3, -0.25) is 9.59 Å². The van der Waals surface area contributed by atoms with E-state index in [1.165, 1.54) is 25.7 Å². The van der Waals surface area contributed by atoms with Gasteiger partial charge in [-0.2, -0.15) is 5.10 Å². The Morgan fingerprint density at radius 3 is 2.32 bits per heavy atom. The summed E-state index contributed by atoms with van der Waals surface area (Å²) in [7, 11) is 0. The van der Waals surface area contributed by atoms with E-state index in [-0.39, 0.29) is 24.7 Å². The molecule has 0 unspecified atom stereocenters. The molecule has 7 heteroatoms. The lowest BCUT2D eigenvalue weighted by atomic mass is 10.2. The molecule has 2 amide bonds. The Balaban J connectivity index is 1.62. The maximum atomic E-state index is 11.9. The van der Waals surface area contributed by atoms with Gasteiger partial charge in [0, 0.05) is 23.0 Å². The van der Waals surface area contributed by atoms with E-state index in [2.05, 4.69) is 38.7 Å². The van der Waals surface area contributed by atoms with Crippen molar-refractivity contribution >= 4 is 39.6 Å². The Morgan fingerprint density at radius 2 is 1.61 bits per heavy atom. The fourth-order valence-electron chi connectivity index (χ4n) is 2.76. The lowest BCUT2D eigenvalue weighted by Gasteiger charge is -2.06. The first-order valence-corrected chi connectivity index (χ1v) is 11.5. The zero-order valence-electron chi connectivity index (χ0n) is 17.9. The second-order valence-electron chi connectivity index (χ2n) is 7.18. The number of carbonyl (C=O) groups is 2. The molecule has 0 bridgehead atoms. The molecule has 0 aliphatic carbocycles. The highest BCUT2D eigenvalue weighted by atomic mass is 79.9. The summed E-state index contributed by atoms with van der Waals surface area (Å²) >= 11 is 3.34. The molecule has 0 spiro atoms. The van der Waals surface area contributed by atoms with Crippen molar-refractivity contribution in [2.45, 2.75) is 51.9 Å². The van der Waals surface area contributed by atoms with E-state index in [0.717, 1.165) is 28.8 Å². The van der Waals surface area contributed by atoms with Gasteiger partial charge in [-0.15, -0.1) is 0 Å². The fraction of sp³-hybridized carbons (Fsp3) is 0.375. The molecule has 2 N–H and O–H groups in total. The molecule has 2 aromatic rings. The molecule has 166 valence electrons. The van der Waals surface area contributed by atoms with Crippen molar-refractivity contribution < 1.29 is 14.3 Å². The van der Waals surface area contributed by atoms with E-state index in [4.69, 9.17) is 4.74 Å². The summed E-state index contributed by atoms with van der Waals surface area (Å²) in [5.74, 6) is 0.293. The first-order valence-electron chi connectivity index (χ1n) is 10.7. The van der Waals surface area contributed by atoms with E-state index in [1.807, 2.05) is 36.4 Å². The smallest absolute Gasteiger partial charge is 0.240 e. The van der Waals surface area contributed by atoms with Crippen molar-refractivity contribution in [1.82, 2.24) is 5.43 Å². The lowest BCUT2D eigenvalue weighted by Crippen LogP contribution is -2.20. The molecule has 0 radical (unpaired) electrons. The Kier molecular flexibility index (Phi) is 11.4. The number of hydrogen-bond donors (Lipinski definition) is 2. The number of unbranched alkanes of at least 4 members (excludes halogenated alkanes) is 4. The SMILES string of the molecule is CCCCCCCOc1ccc(/C=N/NC(=O)CCC(=O)Nc2ccc(Br)cc2)cc1. The average Bonchev–Trinajstić information content (AvgIpc) is 2.77. The molecule has 2 aromatic carbocycles. The van der Waals surface area contributed by atoms with Gasteiger partial charge in [-0.25, -0.2) is 5.43 Å². The molecular weight excluding hydrogens is 458 g/mol. The first-order chi connectivity index (χ1) is 15.1.